The third kappa shape index (κ3) is 3.58. The molecule has 3 aromatic rings. The summed E-state index contributed by atoms with van der Waals surface area (Å²) in [6.07, 6.45) is 0. The molecule has 0 radical (unpaired) electrons. The van der Waals surface area contributed by atoms with Gasteiger partial charge in [0, 0.05) is 38.8 Å². The molecule has 0 aliphatic heterocycles. The van der Waals surface area contributed by atoms with Crippen LogP contribution >= 0.6 is 0 Å². The van der Waals surface area contributed by atoms with E-state index in [9.17, 15) is 13.2 Å². The first-order chi connectivity index (χ1) is 12.7. The lowest BCUT2D eigenvalue weighted by Crippen LogP contribution is -2.22. The number of anilines is 1. The smallest absolute Gasteiger partial charge is 0.242 e. The number of benzene rings is 2. The standard InChI is InChI=1S/C19H22N4O3S/c1-5-23-18-11-10-16(27(25,26)22(3)4)12-17(18)21-19(23)14-6-8-15(9-7-14)20-13(2)24/h6-12H,5H2,1-4H3,(H,20,24). The van der Waals surface area contributed by atoms with Gasteiger partial charge in [-0.2, -0.15) is 0 Å². The highest BCUT2D eigenvalue weighted by Crippen LogP contribution is 2.28. The largest absolute Gasteiger partial charge is 0.326 e. The first-order valence-electron chi connectivity index (χ1n) is 8.55. The monoisotopic (exact) mass is 386 g/mol. The van der Waals surface area contributed by atoms with E-state index >= 15 is 0 Å². The van der Waals surface area contributed by atoms with E-state index in [4.69, 9.17) is 0 Å². The predicted molar refractivity (Wildman–Crippen MR) is 106 cm³/mol. The van der Waals surface area contributed by atoms with Gasteiger partial charge in [0.2, 0.25) is 15.9 Å². The molecule has 8 heteroatoms. The Morgan fingerprint density at radius 1 is 1.15 bits per heavy atom. The number of amides is 1. The molecule has 0 spiro atoms. The maximum atomic E-state index is 12.4. The number of imidazole rings is 1. The molecule has 27 heavy (non-hydrogen) atoms. The average Bonchev–Trinajstić information content (AvgIpc) is 2.99. The van der Waals surface area contributed by atoms with Crippen molar-refractivity contribution in [3.8, 4) is 11.4 Å². The minimum atomic E-state index is -3.52. The van der Waals surface area contributed by atoms with Crippen LogP contribution in [0.5, 0.6) is 0 Å². The van der Waals surface area contributed by atoms with Crippen molar-refractivity contribution < 1.29 is 13.2 Å². The molecule has 1 N–H and O–H groups in total. The molecule has 2 aromatic carbocycles. The number of aromatic nitrogens is 2. The van der Waals surface area contributed by atoms with Crippen LogP contribution in [0.3, 0.4) is 0 Å². The van der Waals surface area contributed by atoms with Crippen molar-refractivity contribution in [1.82, 2.24) is 13.9 Å². The highest BCUT2D eigenvalue weighted by molar-refractivity contribution is 7.89. The van der Waals surface area contributed by atoms with Crippen molar-refractivity contribution >= 4 is 32.7 Å². The SMILES string of the molecule is CCn1c(-c2ccc(NC(C)=O)cc2)nc2cc(S(=O)(=O)N(C)C)ccc21. The van der Waals surface area contributed by atoms with Crippen molar-refractivity contribution in [3.63, 3.8) is 0 Å². The third-order valence-electron chi connectivity index (χ3n) is 4.28. The maximum absolute atomic E-state index is 12.4. The summed E-state index contributed by atoms with van der Waals surface area (Å²) < 4.78 is 28.0. The molecule has 0 aliphatic rings. The van der Waals surface area contributed by atoms with Gasteiger partial charge in [-0.3, -0.25) is 4.79 Å². The number of aryl methyl sites for hydroxylation is 1. The van der Waals surface area contributed by atoms with E-state index in [0.717, 1.165) is 16.9 Å². The van der Waals surface area contributed by atoms with Gasteiger partial charge in [-0.15, -0.1) is 0 Å². The highest BCUT2D eigenvalue weighted by atomic mass is 32.2. The molecule has 142 valence electrons. The molecule has 0 unspecified atom stereocenters. The van der Waals surface area contributed by atoms with Crippen LogP contribution < -0.4 is 5.32 Å². The van der Waals surface area contributed by atoms with Gasteiger partial charge in [0.15, 0.2) is 0 Å². The number of fused-ring (bicyclic) bond motifs is 1. The normalized spacial score (nSPS) is 11.9. The Kier molecular flexibility index (Phi) is 5.03. The molecule has 0 atom stereocenters. The van der Waals surface area contributed by atoms with Gasteiger partial charge in [0.1, 0.15) is 5.82 Å². The Morgan fingerprint density at radius 3 is 2.37 bits per heavy atom. The lowest BCUT2D eigenvalue weighted by molar-refractivity contribution is -0.114. The van der Waals surface area contributed by atoms with Gasteiger partial charge < -0.3 is 9.88 Å². The summed E-state index contributed by atoms with van der Waals surface area (Å²) in [5.74, 6) is 0.624. The minimum absolute atomic E-state index is 0.127. The molecule has 0 saturated carbocycles. The second kappa shape index (κ2) is 7.13. The molecule has 0 aliphatic carbocycles. The summed E-state index contributed by atoms with van der Waals surface area (Å²) in [6.45, 7) is 4.17. The van der Waals surface area contributed by atoms with Crippen molar-refractivity contribution in [2.75, 3.05) is 19.4 Å². The summed E-state index contributed by atoms with van der Waals surface area (Å²) in [5.41, 5.74) is 3.10. The highest BCUT2D eigenvalue weighted by Gasteiger charge is 2.20. The molecular formula is C19H22N4O3S. The second-order valence-electron chi connectivity index (χ2n) is 6.38. The zero-order valence-corrected chi connectivity index (χ0v) is 16.5. The van der Waals surface area contributed by atoms with Crippen LogP contribution in [0.15, 0.2) is 47.4 Å². The maximum Gasteiger partial charge on any atom is 0.242 e. The van der Waals surface area contributed by atoms with Crippen molar-refractivity contribution in [1.29, 1.82) is 0 Å². The number of rotatable bonds is 5. The molecule has 0 fully saturated rings. The summed E-state index contributed by atoms with van der Waals surface area (Å²) in [6, 6.07) is 12.4. The second-order valence-corrected chi connectivity index (χ2v) is 8.53. The van der Waals surface area contributed by atoms with Crippen LogP contribution in [0.2, 0.25) is 0 Å². The Bertz CT molecular complexity index is 1100. The van der Waals surface area contributed by atoms with E-state index in [1.54, 1.807) is 18.2 Å². The van der Waals surface area contributed by atoms with E-state index in [1.807, 2.05) is 35.8 Å². The van der Waals surface area contributed by atoms with Crippen molar-refractivity contribution in [2.45, 2.75) is 25.3 Å². The number of nitrogens with zero attached hydrogens (tertiary/aromatic N) is 3. The Hall–Kier alpha value is -2.71. The van der Waals surface area contributed by atoms with Gasteiger partial charge in [-0.25, -0.2) is 17.7 Å². The van der Waals surface area contributed by atoms with Crippen LogP contribution in [-0.4, -0.2) is 42.3 Å². The molecule has 7 nitrogen and oxygen atoms in total. The molecule has 3 rings (SSSR count). The van der Waals surface area contributed by atoms with Gasteiger partial charge in [0.25, 0.3) is 0 Å². The predicted octanol–water partition coefficient (Wildman–Crippen LogP) is 2.93. The third-order valence-corrected chi connectivity index (χ3v) is 6.09. The Morgan fingerprint density at radius 2 is 1.81 bits per heavy atom. The number of nitrogens with one attached hydrogen (secondary N) is 1. The Balaban J connectivity index is 2.10. The zero-order valence-electron chi connectivity index (χ0n) is 15.7. The van der Waals surface area contributed by atoms with Crippen LogP contribution in [-0.2, 0) is 21.4 Å². The lowest BCUT2D eigenvalue weighted by Gasteiger charge is -2.11. The number of hydrogen-bond acceptors (Lipinski definition) is 4. The number of sulfonamides is 1. The van der Waals surface area contributed by atoms with E-state index in [-0.39, 0.29) is 10.8 Å². The number of carbonyl (C=O) groups excluding carboxylic acids is 1. The van der Waals surface area contributed by atoms with Crippen molar-refractivity contribution in [3.05, 3.63) is 42.5 Å². The average molecular weight is 386 g/mol. The van der Waals surface area contributed by atoms with E-state index in [2.05, 4.69) is 10.3 Å². The molecule has 1 heterocycles. The Labute approximate surface area is 158 Å². The number of carbonyl (C=O) groups is 1. The summed E-state index contributed by atoms with van der Waals surface area (Å²) in [4.78, 5) is 16.1. The first-order valence-corrected chi connectivity index (χ1v) is 9.99. The molecular weight excluding hydrogens is 364 g/mol. The van der Waals surface area contributed by atoms with E-state index in [1.165, 1.54) is 25.3 Å². The van der Waals surface area contributed by atoms with Crippen LogP contribution in [0.4, 0.5) is 5.69 Å². The fraction of sp³-hybridized carbons (Fsp3) is 0.263. The van der Waals surface area contributed by atoms with Gasteiger partial charge in [-0.1, -0.05) is 0 Å². The number of hydrogen-bond donors (Lipinski definition) is 1. The van der Waals surface area contributed by atoms with Gasteiger partial charge >= 0.3 is 0 Å². The fourth-order valence-electron chi connectivity index (χ4n) is 2.93. The van der Waals surface area contributed by atoms with Crippen LogP contribution in [0.25, 0.3) is 22.4 Å². The molecule has 0 saturated heterocycles. The van der Waals surface area contributed by atoms with Crippen LogP contribution in [0.1, 0.15) is 13.8 Å². The van der Waals surface area contributed by atoms with Gasteiger partial charge in [-0.05, 0) is 49.4 Å². The molecule has 1 amide bonds. The van der Waals surface area contributed by atoms with Crippen LogP contribution in [0, 0.1) is 0 Å². The van der Waals surface area contributed by atoms with E-state index in [0.29, 0.717) is 17.7 Å². The van der Waals surface area contributed by atoms with Gasteiger partial charge in [0.05, 0.1) is 15.9 Å². The molecule has 1 aromatic heterocycles. The van der Waals surface area contributed by atoms with E-state index < -0.39 is 10.0 Å². The quantitative estimate of drug-likeness (QED) is 0.731. The summed E-state index contributed by atoms with van der Waals surface area (Å²) >= 11 is 0. The zero-order chi connectivity index (χ0) is 19.8. The fourth-order valence-corrected chi connectivity index (χ4v) is 3.85. The first kappa shape index (κ1) is 19.1. The minimum Gasteiger partial charge on any atom is -0.326 e. The lowest BCUT2D eigenvalue weighted by atomic mass is 10.2. The molecule has 0 bridgehead atoms. The summed E-state index contributed by atoms with van der Waals surface area (Å²) in [7, 11) is -0.504. The topological polar surface area (TPSA) is 84.3 Å². The van der Waals surface area contributed by atoms with Crippen molar-refractivity contribution in [2.24, 2.45) is 0 Å². The summed E-state index contributed by atoms with van der Waals surface area (Å²) in [5, 5.41) is 2.74.